The third kappa shape index (κ3) is 3.16. The van der Waals surface area contributed by atoms with Gasteiger partial charge >= 0.3 is 0 Å². The molecule has 0 aliphatic carbocycles. The molecule has 0 radical (unpaired) electrons. The maximum absolute atomic E-state index is 5.95. The van der Waals surface area contributed by atoms with Crippen LogP contribution >= 0.6 is 0 Å². The van der Waals surface area contributed by atoms with Crippen LogP contribution < -0.4 is 4.74 Å². The van der Waals surface area contributed by atoms with Crippen molar-refractivity contribution in [3.8, 4) is 17.1 Å². The number of furan rings is 1. The first-order chi connectivity index (χ1) is 10.8. The molecule has 3 aromatic rings. The molecule has 22 heavy (non-hydrogen) atoms. The average Bonchev–Trinajstić information content (AvgIpc) is 2.98. The number of rotatable bonds is 6. The van der Waals surface area contributed by atoms with Crippen molar-refractivity contribution in [2.75, 3.05) is 7.11 Å². The van der Waals surface area contributed by atoms with Gasteiger partial charge in [-0.15, -0.1) is 0 Å². The van der Waals surface area contributed by atoms with Gasteiger partial charge in [0.15, 0.2) is 0 Å². The van der Waals surface area contributed by atoms with Gasteiger partial charge in [0.2, 0.25) is 0 Å². The highest BCUT2D eigenvalue weighted by atomic mass is 16.5. The Bertz CT molecular complexity index is 738. The number of hydrogen-bond acceptors (Lipinski definition) is 2. The molecular weight excluding hydrogens is 272 g/mol. The molecule has 0 saturated heterocycles. The van der Waals surface area contributed by atoms with Crippen molar-refractivity contribution >= 4 is 11.0 Å². The minimum absolute atomic E-state index is 0.819. The van der Waals surface area contributed by atoms with Crippen molar-refractivity contribution in [2.24, 2.45) is 0 Å². The topological polar surface area (TPSA) is 22.4 Å². The van der Waals surface area contributed by atoms with E-state index >= 15 is 0 Å². The Morgan fingerprint density at radius 1 is 0.955 bits per heavy atom. The lowest BCUT2D eigenvalue weighted by Crippen LogP contribution is -1.85. The lowest BCUT2D eigenvalue weighted by Gasteiger charge is -2.02. The van der Waals surface area contributed by atoms with E-state index in [1.807, 2.05) is 18.2 Å². The molecule has 0 bridgehead atoms. The molecular formula is C20H22O2. The van der Waals surface area contributed by atoms with Gasteiger partial charge in [0.05, 0.1) is 7.11 Å². The summed E-state index contributed by atoms with van der Waals surface area (Å²) < 4.78 is 11.2. The SMILES string of the molecule is CCCCCc1ccc(-c2cc3ccc(OC)cc3o2)cc1. The zero-order valence-corrected chi connectivity index (χ0v) is 13.3. The maximum atomic E-state index is 5.95. The summed E-state index contributed by atoms with van der Waals surface area (Å²) >= 11 is 0. The predicted molar refractivity (Wildman–Crippen MR) is 91.4 cm³/mol. The minimum atomic E-state index is 0.819. The second kappa shape index (κ2) is 6.69. The van der Waals surface area contributed by atoms with Gasteiger partial charge in [0.1, 0.15) is 17.1 Å². The summed E-state index contributed by atoms with van der Waals surface area (Å²) in [5, 5.41) is 1.10. The van der Waals surface area contributed by atoms with Crippen LogP contribution in [-0.4, -0.2) is 7.11 Å². The van der Waals surface area contributed by atoms with Gasteiger partial charge in [-0.25, -0.2) is 0 Å². The molecule has 2 heteroatoms. The summed E-state index contributed by atoms with van der Waals surface area (Å²) in [6.45, 7) is 2.24. The van der Waals surface area contributed by atoms with Crippen molar-refractivity contribution in [3.63, 3.8) is 0 Å². The van der Waals surface area contributed by atoms with E-state index in [9.17, 15) is 0 Å². The zero-order valence-electron chi connectivity index (χ0n) is 13.3. The highest BCUT2D eigenvalue weighted by Gasteiger charge is 2.07. The molecule has 0 spiro atoms. The third-order valence-electron chi connectivity index (χ3n) is 4.03. The molecule has 0 unspecified atom stereocenters. The summed E-state index contributed by atoms with van der Waals surface area (Å²) in [6.07, 6.45) is 4.99. The van der Waals surface area contributed by atoms with Gasteiger partial charge in [0, 0.05) is 17.0 Å². The molecule has 2 aromatic carbocycles. The van der Waals surface area contributed by atoms with Crippen LogP contribution in [0.1, 0.15) is 31.7 Å². The van der Waals surface area contributed by atoms with E-state index in [1.54, 1.807) is 7.11 Å². The summed E-state index contributed by atoms with van der Waals surface area (Å²) in [5.41, 5.74) is 3.38. The number of unbranched alkanes of at least 4 members (excludes halogenated alkanes) is 2. The second-order valence-electron chi connectivity index (χ2n) is 5.67. The molecule has 0 saturated carbocycles. The normalized spacial score (nSPS) is 11.0. The van der Waals surface area contributed by atoms with Crippen LogP contribution in [0.3, 0.4) is 0 Å². The Kier molecular flexibility index (Phi) is 4.47. The highest BCUT2D eigenvalue weighted by molar-refractivity contribution is 5.83. The van der Waals surface area contributed by atoms with Crippen LogP contribution in [0.4, 0.5) is 0 Å². The van der Waals surface area contributed by atoms with E-state index in [1.165, 1.54) is 24.8 Å². The lowest BCUT2D eigenvalue weighted by atomic mass is 10.0. The molecule has 0 atom stereocenters. The average molecular weight is 294 g/mol. The van der Waals surface area contributed by atoms with Gasteiger partial charge in [-0.2, -0.15) is 0 Å². The summed E-state index contributed by atoms with van der Waals surface area (Å²) in [6, 6.07) is 16.7. The van der Waals surface area contributed by atoms with Crippen LogP contribution in [-0.2, 0) is 6.42 Å². The Balaban J connectivity index is 1.81. The first kappa shape index (κ1) is 14.7. The van der Waals surface area contributed by atoms with Crippen LogP contribution in [0.15, 0.2) is 52.9 Å². The van der Waals surface area contributed by atoms with Crippen molar-refractivity contribution in [1.82, 2.24) is 0 Å². The molecule has 0 aliphatic heterocycles. The van der Waals surface area contributed by atoms with E-state index < -0.39 is 0 Å². The smallest absolute Gasteiger partial charge is 0.138 e. The van der Waals surface area contributed by atoms with E-state index in [0.29, 0.717) is 0 Å². The first-order valence-corrected chi connectivity index (χ1v) is 7.97. The monoisotopic (exact) mass is 294 g/mol. The number of hydrogen-bond donors (Lipinski definition) is 0. The number of ether oxygens (including phenoxy) is 1. The molecule has 1 aromatic heterocycles. The van der Waals surface area contributed by atoms with E-state index in [0.717, 1.165) is 34.5 Å². The lowest BCUT2D eigenvalue weighted by molar-refractivity contribution is 0.414. The number of fused-ring (bicyclic) bond motifs is 1. The predicted octanol–water partition coefficient (Wildman–Crippen LogP) is 5.84. The molecule has 3 rings (SSSR count). The van der Waals surface area contributed by atoms with E-state index in [2.05, 4.69) is 37.3 Å². The third-order valence-corrected chi connectivity index (χ3v) is 4.03. The molecule has 0 N–H and O–H groups in total. The number of methoxy groups -OCH3 is 1. The van der Waals surface area contributed by atoms with E-state index in [4.69, 9.17) is 9.15 Å². The summed E-state index contributed by atoms with van der Waals surface area (Å²) in [5.74, 6) is 1.73. The van der Waals surface area contributed by atoms with Crippen molar-refractivity contribution in [2.45, 2.75) is 32.6 Å². The fourth-order valence-electron chi connectivity index (χ4n) is 2.70. The Hall–Kier alpha value is -2.22. The van der Waals surface area contributed by atoms with Gasteiger partial charge in [-0.3, -0.25) is 0 Å². The summed E-state index contributed by atoms with van der Waals surface area (Å²) in [4.78, 5) is 0. The van der Waals surface area contributed by atoms with Crippen LogP contribution in [0.2, 0.25) is 0 Å². The van der Waals surface area contributed by atoms with Crippen molar-refractivity contribution < 1.29 is 9.15 Å². The molecule has 0 fully saturated rings. The fraction of sp³-hybridized carbons (Fsp3) is 0.300. The second-order valence-corrected chi connectivity index (χ2v) is 5.67. The van der Waals surface area contributed by atoms with Gasteiger partial charge in [0.25, 0.3) is 0 Å². The van der Waals surface area contributed by atoms with Crippen molar-refractivity contribution in [3.05, 3.63) is 54.1 Å². The Morgan fingerprint density at radius 3 is 2.50 bits per heavy atom. The van der Waals surface area contributed by atoms with Crippen LogP contribution in [0.5, 0.6) is 5.75 Å². The number of benzene rings is 2. The Morgan fingerprint density at radius 2 is 1.77 bits per heavy atom. The van der Waals surface area contributed by atoms with Crippen LogP contribution in [0.25, 0.3) is 22.3 Å². The quantitative estimate of drug-likeness (QED) is 0.533. The molecule has 2 nitrogen and oxygen atoms in total. The first-order valence-electron chi connectivity index (χ1n) is 7.97. The molecule has 1 heterocycles. The largest absolute Gasteiger partial charge is 0.497 e. The molecule has 114 valence electrons. The zero-order chi connectivity index (χ0) is 15.4. The fourth-order valence-corrected chi connectivity index (χ4v) is 2.70. The Labute approximate surface area is 131 Å². The molecule has 0 aliphatic rings. The molecule has 0 amide bonds. The van der Waals surface area contributed by atoms with Gasteiger partial charge in [-0.05, 0) is 36.6 Å². The number of aryl methyl sites for hydroxylation is 1. The van der Waals surface area contributed by atoms with Gasteiger partial charge < -0.3 is 9.15 Å². The standard InChI is InChI=1S/C20H22O2/c1-3-4-5-6-15-7-9-16(10-8-15)19-13-17-11-12-18(21-2)14-20(17)22-19/h7-14H,3-6H2,1-2H3. The van der Waals surface area contributed by atoms with E-state index in [-0.39, 0.29) is 0 Å². The van der Waals surface area contributed by atoms with Crippen LogP contribution in [0, 0.1) is 0 Å². The van der Waals surface area contributed by atoms with Gasteiger partial charge in [-0.1, -0.05) is 44.0 Å². The highest BCUT2D eigenvalue weighted by Crippen LogP contribution is 2.30. The maximum Gasteiger partial charge on any atom is 0.138 e. The minimum Gasteiger partial charge on any atom is -0.497 e. The van der Waals surface area contributed by atoms with Crippen molar-refractivity contribution in [1.29, 1.82) is 0 Å². The summed E-state index contributed by atoms with van der Waals surface area (Å²) in [7, 11) is 1.67.